The van der Waals surface area contributed by atoms with E-state index in [1.54, 1.807) is 11.3 Å². The third kappa shape index (κ3) is 4.35. The molecule has 108 valence electrons. The van der Waals surface area contributed by atoms with Crippen LogP contribution in [0.25, 0.3) is 0 Å². The quantitative estimate of drug-likeness (QED) is 0.567. The fourth-order valence-corrected chi connectivity index (χ4v) is 4.00. The van der Waals surface area contributed by atoms with Crippen LogP contribution in [0.15, 0.2) is 40.2 Å². The Labute approximate surface area is 134 Å². The molecule has 0 aliphatic rings. The number of hydrogen-bond acceptors (Lipinski definition) is 2. The third-order valence-corrected chi connectivity index (χ3v) is 5.50. The highest BCUT2D eigenvalue weighted by Gasteiger charge is 2.10. The van der Waals surface area contributed by atoms with Crippen molar-refractivity contribution in [2.75, 3.05) is 5.32 Å². The van der Waals surface area contributed by atoms with Crippen LogP contribution in [0.5, 0.6) is 0 Å². The molecule has 1 heterocycles. The molecule has 0 aliphatic heterocycles. The predicted octanol–water partition coefficient (Wildman–Crippen LogP) is 6.42. The van der Waals surface area contributed by atoms with Gasteiger partial charge < -0.3 is 5.32 Å². The van der Waals surface area contributed by atoms with E-state index < -0.39 is 0 Å². The summed E-state index contributed by atoms with van der Waals surface area (Å²) in [5.74, 6) is 0. The van der Waals surface area contributed by atoms with Crippen LogP contribution in [-0.4, -0.2) is 0 Å². The van der Waals surface area contributed by atoms with Crippen molar-refractivity contribution in [2.45, 2.75) is 45.6 Å². The minimum atomic E-state index is 0.329. The molecule has 2 aromatic rings. The molecule has 20 heavy (non-hydrogen) atoms. The van der Waals surface area contributed by atoms with Gasteiger partial charge in [0, 0.05) is 15.0 Å². The van der Waals surface area contributed by atoms with Crippen molar-refractivity contribution < 1.29 is 0 Å². The maximum absolute atomic E-state index is 3.60. The number of nitrogens with one attached hydrogen (secondary N) is 1. The van der Waals surface area contributed by atoms with E-state index in [1.165, 1.54) is 46.3 Å². The van der Waals surface area contributed by atoms with Gasteiger partial charge in [-0.1, -0.05) is 31.9 Å². The number of aryl methyl sites for hydroxylation is 1. The monoisotopic (exact) mass is 351 g/mol. The smallest absolute Gasteiger partial charge is 0.0589 e. The zero-order valence-electron chi connectivity index (χ0n) is 12.2. The molecule has 0 amide bonds. The van der Waals surface area contributed by atoms with Crippen LogP contribution in [0.2, 0.25) is 0 Å². The zero-order valence-corrected chi connectivity index (χ0v) is 14.6. The first-order valence-electron chi connectivity index (χ1n) is 7.29. The van der Waals surface area contributed by atoms with E-state index in [1.807, 2.05) is 0 Å². The Balaban J connectivity index is 1.92. The molecule has 1 N–H and O–H groups in total. The summed E-state index contributed by atoms with van der Waals surface area (Å²) in [4.78, 5) is 1.34. The minimum absolute atomic E-state index is 0.329. The van der Waals surface area contributed by atoms with E-state index >= 15 is 0 Å². The second-order valence-corrected chi connectivity index (χ2v) is 6.95. The Morgan fingerprint density at radius 3 is 2.50 bits per heavy atom. The van der Waals surface area contributed by atoms with Crippen LogP contribution >= 0.6 is 27.3 Å². The Morgan fingerprint density at radius 2 is 1.90 bits per heavy atom. The fraction of sp³-hybridized carbons (Fsp3) is 0.412. The van der Waals surface area contributed by atoms with Crippen molar-refractivity contribution in [1.82, 2.24) is 0 Å². The van der Waals surface area contributed by atoms with Gasteiger partial charge in [0.05, 0.1) is 6.04 Å². The number of rotatable bonds is 7. The van der Waals surface area contributed by atoms with E-state index in [0.29, 0.717) is 6.04 Å². The lowest BCUT2D eigenvalue weighted by Gasteiger charge is -2.15. The topological polar surface area (TPSA) is 12.0 Å². The van der Waals surface area contributed by atoms with E-state index in [-0.39, 0.29) is 0 Å². The van der Waals surface area contributed by atoms with Crippen LogP contribution in [0.1, 0.15) is 49.6 Å². The SMILES string of the molecule is CCCCCc1ccc(NC(C)c2sccc2Br)cc1. The molecule has 0 aliphatic carbocycles. The molecule has 1 atom stereocenters. The molecule has 0 radical (unpaired) electrons. The summed E-state index contributed by atoms with van der Waals surface area (Å²) in [5, 5.41) is 5.68. The highest BCUT2D eigenvalue weighted by molar-refractivity contribution is 9.10. The lowest BCUT2D eigenvalue weighted by molar-refractivity contribution is 0.717. The molecule has 0 saturated carbocycles. The first-order valence-corrected chi connectivity index (χ1v) is 8.96. The third-order valence-electron chi connectivity index (χ3n) is 3.44. The molecule has 1 aromatic heterocycles. The predicted molar refractivity (Wildman–Crippen MR) is 93.7 cm³/mol. The second kappa shape index (κ2) is 7.84. The first kappa shape index (κ1) is 15.6. The molecule has 0 bridgehead atoms. The van der Waals surface area contributed by atoms with E-state index in [0.717, 1.165) is 0 Å². The largest absolute Gasteiger partial charge is 0.378 e. The number of halogens is 1. The standard InChI is InChI=1S/C17H22BrNS/c1-3-4-5-6-14-7-9-15(10-8-14)19-13(2)17-16(18)11-12-20-17/h7-13,19H,3-6H2,1-2H3. The number of benzene rings is 1. The average Bonchev–Trinajstić information content (AvgIpc) is 2.87. The van der Waals surface area contributed by atoms with Crippen molar-refractivity contribution >= 4 is 33.0 Å². The zero-order chi connectivity index (χ0) is 14.4. The van der Waals surface area contributed by atoms with Crippen molar-refractivity contribution in [1.29, 1.82) is 0 Å². The van der Waals surface area contributed by atoms with Crippen LogP contribution in [0.4, 0.5) is 5.69 Å². The van der Waals surface area contributed by atoms with Crippen LogP contribution < -0.4 is 5.32 Å². The first-order chi connectivity index (χ1) is 9.70. The second-order valence-electron chi connectivity index (χ2n) is 5.15. The lowest BCUT2D eigenvalue weighted by Crippen LogP contribution is -2.05. The summed E-state index contributed by atoms with van der Waals surface area (Å²) in [6.07, 6.45) is 5.10. The molecular formula is C17H22BrNS. The van der Waals surface area contributed by atoms with Crippen molar-refractivity contribution in [3.63, 3.8) is 0 Å². The Bertz CT molecular complexity index is 518. The molecule has 0 saturated heterocycles. The number of thiophene rings is 1. The summed E-state index contributed by atoms with van der Waals surface area (Å²) in [6, 6.07) is 11.3. The van der Waals surface area contributed by atoms with Crippen molar-refractivity contribution in [3.8, 4) is 0 Å². The van der Waals surface area contributed by atoms with Gasteiger partial charge in [-0.2, -0.15) is 0 Å². The summed E-state index contributed by atoms with van der Waals surface area (Å²) in [5.41, 5.74) is 2.63. The van der Waals surface area contributed by atoms with E-state index in [2.05, 4.69) is 70.8 Å². The number of anilines is 1. The van der Waals surface area contributed by atoms with Gasteiger partial charge in [-0.3, -0.25) is 0 Å². The van der Waals surface area contributed by atoms with Crippen LogP contribution in [-0.2, 0) is 6.42 Å². The van der Waals surface area contributed by atoms with Gasteiger partial charge >= 0.3 is 0 Å². The van der Waals surface area contributed by atoms with Gasteiger partial charge in [-0.15, -0.1) is 11.3 Å². The van der Waals surface area contributed by atoms with Gasteiger partial charge in [0.15, 0.2) is 0 Å². The maximum atomic E-state index is 3.60. The van der Waals surface area contributed by atoms with E-state index in [9.17, 15) is 0 Å². The van der Waals surface area contributed by atoms with Crippen LogP contribution in [0.3, 0.4) is 0 Å². The fourth-order valence-electron chi connectivity index (χ4n) is 2.28. The van der Waals surface area contributed by atoms with Gasteiger partial charge in [0.2, 0.25) is 0 Å². The maximum Gasteiger partial charge on any atom is 0.0589 e. The summed E-state index contributed by atoms with van der Waals surface area (Å²) >= 11 is 5.38. The van der Waals surface area contributed by atoms with Crippen molar-refractivity contribution in [3.05, 3.63) is 50.6 Å². The van der Waals surface area contributed by atoms with Crippen LogP contribution in [0, 0.1) is 0 Å². The molecule has 1 unspecified atom stereocenters. The Hall–Kier alpha value is -0.800. The molecule has 1 nitrogen and oxygen atoms in total. The molecule has 0 fully saturated rings. The van der Waals surface area contributed by atoms with Crippen molar-refractivity contribution in [2.24, 2.45) is 0 Å². The number of unbranched alkanes of at least 4 members (excludes halogenated alkanes) is 2. The lowest BCUT2D eigenvalue weighted by atomic mass is 10.1. The summed E-state index contributed by atoms with van der Waals surface area (Å²) in [6.45, 7) is 4.45. The Kier molecular flexibility index (Phi) is 6.11. The minimum Gasteiger partial charge on any atom is -0.378 e. The molecule has 0 spiro atoms. The van der Waals surface area contributed by atoms with Gasteiger partial charge in [-0.25, -0.2) is 0 Å². The summed E-state index contributed by atoms with van der Waals surface area (Å²) < 4.78 is 1.19. The molecular weight excluding hydrogens is 330 g/mol. The summed E-state index contributed by atoms with van der Waals surface area (Å²) in [7, 11) is 0. The number of hydrogen-bond donors (Lipinski definition) is 1. The van der Waals surface area contributed by atoms with Gasteiger partial charge in [-0.05, 0) is 64.8 Å². The van der Waals surface area contributed by atoms with Gasteiger partial charge in [0.25, 0.3) is 0 Å². The van der Waals surface area contributed by atoms with E-state index in [4.69, 9.17) is 0 Å². The molecule has 1 aromatic carbocycles. The van der Waals surface area contributed by atoms with Gasteiger partial charge in [0.1, 0.15) is 0 Å². The highest BCUT2D eigenvalue weighted by atomic mass is 79.9. The Morgan fingerprint density at radius 1 is 1.15 bits per heavy atom. The highest BCUT2D eigenvalue weighted by Crippen LogP contribution is 2.31. The average molecular weight is 352 g/mol. The normalized spacial score (nSPS) is 12.3. The molecule has 2 rings (SSSR count). The molecule has 3 heteroatoms.